The monoisotopic (exact) mass is 313 g/mol. The summed E-state index contributed by atoms with van der Waals surface area (Å²) in [7, 11) is 3.07. The summed E-state index contributed by atoms with van der Waals surface area (Å²) in [4.78, 5) is 12.1. The highest BCUT2D eigenvalue weighted by molar-refractivity contribution is 5.77. The first-order chi connectivity index (χ1) is 11.2. The molecular formula is C19H23NO3. The van der Waals surface area contributed by atoms with Gasteiger partial charge >= 0.3 is 5.97 Å². The molecule has 0 aromatic heterocycles. The number of rotatable bonds is 7. The van der Waals surface area contributed by atoms with Crippen molar-refractivity contribution in [3.63, 3.8) is 0 Å². The van der Waals surface area contributed by atoms with Crippen LogP contribution in [0.3, 0.4) is 0 Å². The largest absolute Gasteiger partial charge is 0.496 e. The number of para-hydroxylation sites is 1. The highest BCUT2D eigenvalue weighted by Crippen LogP contribution is 2.21. The number of methoxy groups -OCH3 is 2. The van der Waals surface area contributed by atoms with Crippen LogP contribution in [-0.4, -0.2) is 26.2 Å². The van der Waals surface area contributed by atoms with E-state index in [1.54, 1.807) is 7.11 Å². The summed E-state index contributed by atoms with van der Waals surface area (Å²) >= 11 is 0. The van der Waals surface area contributed by atoms with Gasteiger partial charge in [-0.15, -0.1) is 0 Å². The van der Waals surface area contributed by atoms with Crippen LogP contribution in [0.1, 0.15) is 24.1 Å². The van der Waals surface area contributed by atoms with Crippen LogP contribution < -0.4 is 10.1 Å². The summed E-state index contributed by atoms with van der Waals surface area (Å²) < 4.78 is 10.3. The lowest BCUT2D eigenvalue weighted by molar-refractivity contribution is -0.143. The molecule has 23 heavy (non-hydrogen) atoms. The first kappa shape index (κ1) is 17.0. The minimum absolute atomic E-state index is 0.0793. The third kappa shape index (κ3) is 4.57. The van der Waals surface area contributed by atoms with Gasteiger partial charge in [-0.1, -0.05) is 48.5 Å². The lowest BCUT2D eigenvalue weighted by atomic mass is 10.0. The van der Waals surface area contributed by atoms with Crippen LogP contribution in [0.25, 0.3) is 0 Å². The number of hydrogen-bond donors (Lipinski definition) is 1. The smallest absolute Gasteiger partial charge is 0.327 e. The number of nitrogens with one attached hydrogen (secondary N) is 1. The van der Waals surface area contributed by atoms with E-state index in [-0.39, 0.29) is 12.0 Å². The fourth-order valence-electron chi connectivity index (χ4n) is 2.61. The molecule has 4 heteroatoms. The van der Waals surface area contributed by atoms with Crippen molar-refractivity contribution in [2.24, 2.45) is 0 Å². The van der Waals surface area contributed by atoms with Gasteiger partial charge in [0, 0.05) is 6.04 Å². The van der Waals surface area contributed by atoms with E-state index in [2.05, 4.69) is 5.32 Å². The van der Waals surface area contributed by atoms with E-state index >= 15 is 0 Å². The maximum absolute atomic E-state index is 12.1. The second-order valence-corrected chi connectivity index (χ2v) is 5.45. The highest BCUT2D eigenvalue weighted by atomic mass is 16.5. The summed E-state index contributed by atoms with van der Waals surface area (Å²) in [5, 5.41) is 3.35. The molecular weight excluding hydrogens is 290 g/mol. The summed E-state index contributed by atoms with van der Waals surface area (Å²) in [6.07, 6.45) is 0.754. The van der Waals surface area contributed by atoms with Crippen LogP contribution in [0, 0.1) is 0 Å². The summed E-state index contributed by atoms with van der Waals surface area (Å²) in [6, 6.07) is 17.1. The Bertz CT molecular complexity index is 628. The van der Waals surface area contributed by atoms with Gasteiger partial charge in [-0.3, -0.25) is 5.32 Å². The maximum Gasteiger partial charge on any atom is 0.327 e. The topological polar surface area (TPSA) is 47.6 Å². The zero-order chi connectivity index (χ0) is 16.7. The van der Waals surface area contributed by atoms with Gasteiger partial charge in [-0.2, -0.15) is 0 Å². The van der Waals surface area contributed by atoms with Crippen LogP contribution in [-0.2, 0) is 16.0 Å². The molecule has 0 aliphatic carbocycles. The standard InChI is InChI=1S/C19H23NO3/c1-14(13-16-11-7-8-12-17(16)22-2)20-18(19(21)23-3)15-9-5-4-6-10-15/h4-12,14,18,20H,13H2,1-3H3. The zero-order valence-electron chi connectivity index (χ0n) is 13.8. The molecule has 0 aliphatic heterocycles. The molecule has 0 aliphatic rings. The number of carbonyl (C=O) groups is 1. The lowest BCUT2D eigenvalue weighted by Crippen LogP contribution is -2.37. The molecule has 2 rings (SSSR count). The second kappa shape index (κ2) is 8.34. The molecule has 0 saturated carbocycles. The molecule has 2 aromatic rings. The molecule has 0 spiro atoms. The van der Waals surface area contributed by atoms with Crippen molar-refractivity contribution in [2.75, 3.05) is 14.2 Å². The SMILES string of the molecule is COC(=O)C(NC(C)Cc1ccccc1OC)c1ccccc1. The van der Waals surface area contributed by atoms with Gasteiger partial charge in [0.15, 0.2) is 0 Å². The van der Waals surface area contributed by atoms with Crippen LogP contribution in [0.15, 0.2) is 54.6 Å². The van der Waals surface area contributed by atoms with Crippen molar-refractivity contribution in [3.8, 4) is 5.75 Å². The second-order valence-electron chi connectivity index (χ2n) is 5.45. The van der Waals surface area contributed by atoms with E-state index in [0.29, 0.717) is 0 Å². The molecule has 2 atom stereocenters. The first-order valence-electron chi connectivity index (χ1n) is 7.66. The van der Waals surface area contributed by atoms with Crippen LogP contribution in [0.2, 0.25) is 0 Å². The first-order valence-corrected chi connectivity index (χ1v) is 7.66. The molecule has 0 saturated heterocycles. The molecule has 0 bridgehead atoms. The molecule has 0 fully saturated rings. The Labute approximate surface area is 137 Å². The van der Waals surface area contributed by atoms with Gasteiger partial charge in [-0.05, 0) is 30.5 Å². The molecule has 0 radical (unpaired) electrons. The van der Waals surface area contributed by atoms with Gasteiger partial charge in [0.05, 0.1) is 14.2 Å². The highest BCUT2D eigenvalue weighted by Gasteiger charge is 2.23. The quantitative estimate of drug-likeness (QED) is 0.798. The van der Waals surface area contributed by atoms with E-state index in [4.69, 9.17) is 9.47 Å². The Morgan fingerprint density at radius 2 is 1.70 bits per heavy atom. The Balaban J connectivity index is 2.12. The zero-order valence-corrected chi connectivity index (χ0v) is 13.8. The van der Waals surface area contributed by atoms with Crippen molar-refractivity contribution in [1.82, 2.24) is 5.32 Å². The van der Waals surface area contributed by atoms with Crippen molar-refractivity contribution in [3.05, 3.63) is 65.7 Å². The lowest BCUT2D eigenvalue weighted by Gasteiger charge is -2.22. The van der Waals surface area contributed by atoms with Gasteiger partial charge in [0.2, 0.25) is 0 Å². The molecule has 0 heterocycles. The van der Waals surface area contributed by atoms with Crippen LogP contribution in [0.5, 0.6) is 5.75 Å². The fourth-order valence-corrected chi connectivity index (χ4v) is 2.61. The minimum Gasteiger partial charge on any atom is -0.496 e. The third-order valence-corrected chi connectivity index (χ3v) is 3.74. The Hall–Kier alpha value is -2.33. The van der Waals surface area contributed by atoms with Crippen molar-refractivity contribution >= 4 is 5.97 Å². The molecule has 2 aromatic carbocycles. The number of ether oxygens (including phenoxy) is 2. The van der Waals surface area contributed by atoms with Gasteiger partial charge in [-0.25, -0.2) is 4.79 Å². The van der Waals surface area contributed by atoms with Crippen molar-refractivity contribution in [1.29, 1.82) is 0 Å². The van der Waals surface area contributed by atoms with E-state index in [1.807, 2.05) is 61.5 Å². The molecule has 122 valence electrons. The van der Waals surface area contributed by atoms with Crippen molar-refractivity contribution < 1.29 is 14.3 Å². The molecule has 4 nitrogen and oxygen atoms in total. The third-order valence-electron chi connectivity index (χ3n) is 3.74. The number of hydrogen-bond acceptors (Lipinski definition) is 4. The van der Waals surface area contributed by atoms with E-state index in [1.165, 1.54) is 7.11 Å². The average Bonchev–Trinajstić information content (AvgIpc) is 2.60. The average molecular weight is 313 g/mol. The maximum atomic E-state index is 12.1. The Morgan fingerprint density at radius 1 is 1.04 bits per heavy atom. The van der Waals surface area contributed by atoms with E-state index in [0.717, 1.165) is 23.3 Å². The normalized spacial score (nSPS) is 13.2. The number of benzene rings is 2. The van der Waals surface area contributed by atoms with E-state index in [9.17, 15) is 4.79 Å². The predicted octanol–water partition coefficient (Wildman–Crippen LogP) is 3.13. The number of carbonyl (C=O) groups excluding carboxylic acids is 1. The van der Waals surface area contributed by atoms with Gasteiger partial charge in [0.1, 0.15) is 11.8 Å². The number of esters is 1. The van der Waals surface area contributed by atoms with Gasteiger partial charge < -0.3 is 9.47 Å². The van der Waals surface area contributed by atoms with Gasteiger partial charge in [0.25, 0.3) is 0 Å². The van der Waals surface area contributed by atoms with Crippen LogP contribution in [0.4, 0.5) is 0 Å². The predicted molar refractivity (Wildman–Crippen MR) is 90.5 cm³/mol. The van der Waals surface area contributed by atoms with Crippen LogP contribution >= 0.6 is 0 Å². The Morgan fingerprint density at radius 3 is 2.35 bits per heavy atom. The summed E-state index contributed by atoms with van der Waals surface area (Å²) in [6.45, 7) is 2.05. The minimum atomic E-state index is -0.481. The van der Waals surface area contributed by atoms with E-state index < -0.39 is 6.04 Å². The Kier molecular flexibility index (Phi) is 6.18. The molecule has 1 N–H and O–H groups in total. The summed E-state index contributed by atoms with van der Waals surface area (Å²) in [5.41, 5.74) is 2.00. The molecule has 0 amide bonds. The fraction of sp³-hybridized carbons (Fsp3) is 0.316. The summed E-state index contributed by atoms with van der Waals surface area (Å²) in [5.74, 6) is 0.568. The van der Waals surface area contributed by atoms with Crippen molar-refractivity contribution in [2.45, 2.75) is 25.4 Å². The molecule has 2 unspecified atom stereocenters.